The van der Waals surface area contributed by atoms with E-state index in [1.165, 1.54) is 16.6 Å². The number of ether oxygens (including phenoxy) is 3. The van der Waals surface area contributed by atoms with Gasteiger partial charge < -0.3 is 24.3 Å². The maximum absolute atomic E-state index is 13.3. The van der Waals surface area contributed by atoms with E-state index in [-0.39, 0.29) is 11.2 Å². The molecule has 2 saturated carbocycles. The van der Waals surface area contributed by atoms with Crippen LogP contribution >= 0.6 is 0 Å². The number of ketones is 1. The van der Waals surface area contributed by atoms with Gasteiger partial charge in [0.25, 0.3) is 0 Å². The van der Waals surface area contributed by atoms with Gasteiger partial charge in [-0.25, -0.2) is 0 Å². The average molecular weight is 492 g/mol. The summed E-state index contributed by atoms with van der Waals surface area (Å²) in [4.78, 5) is 17.1. The van der Waals surface area contributed by atoms with Crippen LogP contribution in [0.3, 0.4) is 0 Å². The van der Waals surface area contributed by atoms with Crippen LogP contribution in [0.2, 0.25) is 0 Å². The van der Waals surface area contributed by atoms with Gasteiger partial charge in [-0.05, 0) is 63.2 Å². The first-order valence-electron chi connectivity index (χ1n) is 13.6. The molecule has 1 aromatic carbocycles. The second-order valence-corrected chi connectivity index (χ2v) is 12.7. The molecule has 0 amide bonds. The van der Waals surface area contributed by atoms with Crippen molar-refractivity contribution in [2.24, 2.45) is 11.3 Å². The van der Waals surface area contributed by atoms with Crippen molar-refractivity contribution in [2.75, 3.05) is 6.61 Å². The van der Waals surface area contributed by atoms with Gasteiger partial charge in [-0.15, -0.1) is 0 Å². The highest BCUT2D eigenvalue weighted by atomic mass is 16.8. The van der Waals surface area contributed by atoms with Crippen molar-refractivity contribution in [3.05, 3.63) is 47.2 Å². The molecule has 7 atom stereocenters. The van der Waals surface area contributed by atoms with Crippen LogP contribution in [0.1, 0.15) is 71.6 Å². The van der Waals surface area contributed by atoms with Gasteiger partial charge in [-0.1, -0.05) is 39.0 Å². The molecule has 1 saturated heterocycles. The highest BCUT2D eigenvalue weighted by Crippen LogP contribution is 2.72. The Morgan fingerprint density at radius 2 is 1.94 bits per heavy atom. The van der Waals surface area contributed by atoms with Crippen LogP contribution in [-0.2, 0) is 30.8 Å². The molecular formula is C30H37NO5. The van der Waals surface area contributed by atoms with Crippen LogP contribution in [-0.4, -0.2) is 51.7 Å². The highest BCUT2D eigenvalue weighted by molar-refractivity contribution is 5.97. The molecule has 2 N–H and O–H groups in total. The third-order valence-electron chi connectivity index (χ3n) is 10.8. The molecule has 5 aliphatic rings. The number of aliphatic hydroxyl groups is 1. The number of para-hydroxylation sites is 1. The second kappa shape index (κ2) is 6.90. The van der Waals surface area contributed by atoms with Gasteiger partial charge in [0.1, 0.15) is 11.2 Å². The monoisotopic (exact) mass is 491 g/mol. The zero-order chi connectivity index (χ0) is 25.3. The van der Waals surface area contributed by atoms with E-state index < -0.39 is 34.6 Å². The molecule has 2 aromatic rings. The van der Waals surface area contributed by atoms with E-state index in [1.54, 1.807) is 6.08 Å². The number of fused-ring (bicyclic) bond motifs is 9. The van der Waals surface area contributed by atoms with Crippen molar-refractivity contribution in [3.63, 3.8) is 0 Å². The number of carbonyl (C=O) groups excluding carboxylic acids is 1. The molecule has 3 aliphatic carbocycles. The number of benzene rings is 1. The molecule has 6 nitrogen and oxygen atoms in total. The lowest BCUT2D eigenvalue weighted by Crippen LogP contribution is -2.74. The van der Waals surface area contributed by atoms with Crippen molar-refractivity contribution >= 4 is 16.7 Å². The summed E-state index contributed by atoms with van der Waals surface area (Å²) in [5, 5.41) is 14.4. The van der Waals surface area contributed by atoms with Crippen LogP contribution in [0, 0.1) is 11.3 Å². The SMILES string of the molecule is CCCO[C@H]1C[C@H]2Cc3c([nH]c4ccccc34)[C@]2(C)[C@@]2(C)CCC34O[C@@H](C(=O)C=C3[C@]12O)C(C)(C)O4. The van der Waals surface area contributed by atoms with E-state index >= 15 is 0 Å². The lowest BCUT2D eigenvalue weighted by Gasteiger charge is -2.67. The van der Waals surface area contributed by atoms with Gasteiger partial charge in [-0.2, -0.15) is 0 Å². The number of aromatic nitrogens is 1. The highest BCUT2D eigenvalue weighted by Gasteiger charge is 2.77. The third kappa shape index (κ3) is 2.41. The molecule has 1 unspecified atom stereocenters. The van der Waals surface area contributed by atoms with Crippen molar-refractivity contribution < 1.29 is 24.1 Å². The van der Waals surface area contributed by atoms with E-state index in [1.807, 2.05) is 13.8 Å². The minimum atomic E-state index is -1.41. The molecule has 3 fully saturated rings. The first-order valence-corrected chi connectivity index (χ1v) is 13.6. The zero-order valence-electron chi connectivity index (χ0n) is 21.9. The molecule has 6 heteroatoms. The van der Waals surface area contributed by atoms with Crippen molar-refractivity contribution in [3.8, 4) is 0 Å². The third-order valence-corrected chi connectivity index (χ3v) is 10.8. The molecule has 1 spiro atoms. The average Bonchev–Trinajstić information content (AvgIpc) is 3.42. The molecule has 7 rings (SSSR count). The first kappa shape index (κ1) is 23.2. The standard InChI is InChI=1S/C30H37NO5/c1-6-13-34-23-15-17-14-19-18-9-7-8-10-20(18)31-24(19)28(17,5)27(4)11-12-29-22(30(23,27)33)16-21(32)25(35-29)26(2,3)36-29/h7-10,16-17,23,25,31,33H,6,11-15H2,1-5H3/t17-,23+,25+,27-,28-,29?,30+/m1/s1. The fourth-order valence-corrected chi connectivity index (χ4v) is 8.85. The van der Waals surface area contributed by atoms with Gasteiger partial charge in [0.05, 0.1) is 6.10 Å². The molecule has 3 heterocycles. The fourth-order valence-electron chi connectivity index (χ4n) is 8.85. The predicted octanol–water partition coefficient (Wildman–Crippen LogP) is 4.73. The summed E-state index contributed by atoms with van der Waals surface area (Å²) in [6, 6.07) is 8.50. The summed E-state index contributed by atoms with van der Waals surface area (Å²) < 4.78 is 19.5. The van der Waals surface area contributed by atoms with Crippen LogP contribution in [0.15, 0.2) is 35.9 Å². The minimum Gasteiger partial charge on any atom is -0.382 e. The Labute approximate surface area is 212 Å². The lowest BCUT2D eigenvalue weighted by molar-refractivity contribution is -0.280. The van der Waals surface area contributed by atoms with E-state index in [2.05, 4.69) is 50.0 Å². The summed E-state index contributed by atoms with van der Waals surface area (Å²) in [7, 11) is 0. The Hall–Kier alpha value is -1.99. The maximum atomic E-state index is 13.3. The molecule has 2 aliphatic heterocycles. The minimum absolute atomic E-state index is 0.125. The largest absolute Gasteiger partial charge is 0.382 e. The van der Waals surface area contributed by atoms with Gasteiger partial charge >= 0.3 is 0 Å². The summed E-state index contributed by atoms with van der Waals surface area (Å²) in [5.74, 6) is -0.894. The van der Waals surface area contributed by atoms with Crippen LogP contribution in [0.4, 0.5) is 0 Å². The number of aromatic amines is 1. The summed E-state index contributed by atoms with van der Waals surface area (Å²) >= 11 is 0. The number of rotatable bonds is 3. The van der Waals surface area contributed by atoms with E-state index in [9.17, 15) is 9.90 Å². The molecule has 1 aromatic heterocycles. The van der Waals surface area contributed by atoms with Gasteiger partial charge in [-0.3, -0.25) is 4.79 Å². The number of hydrogen-bond donors (Lipinski definition) is 2. The normalized spacial score (nSPS) is 44.1. The Kier molecular flexibility index (Phi) is 4.44. The number of nitrogens with one attached hydrogen (secondary N) is 1. The van der Waals surface area contributed by atoms with Crippen LogP contribution in [0.5, 0.6) is 0 Å². The van der Waals surface area contributed by atoms with Crippen molar-refractivity contribution in [2.45, 2.75) is 101 Å². The molecular weight excluding hydrogens is 454 g/mol. The van der Waals surface area contributed by atoms with E-state index in [4.69, 9.17) is 14.2 Å². The first-order chi connectivity index (χ1) is 17.0. The quantitative estimate of drug-likeness (QED) is 0.649. The van der Waals surface area contributed by atoms with E-state index in [0.29, 0.717) is 37.4 Å². The van der Waals surface area contributed by atoms with E-state index in [0.717, 1.165) is 18.4 Å². The zero-order valence-corrected chi connectivity index (χ0v) is 21.9. The number of hydrogen-bond acceptors (Lipinski definition) is 5. The van der Waals surface area contributed by atoms with Gasteiger partial charge in [0.2, 0.25) is 0 Å². The van der Waals surface area contributed by atoms with Crippen molar-refractivity contribution in [1.82, 2.24) is 4.98 Å². The van der Waals surface area contributed by atoms with Gasteiger partial charge in [0, 0.05) is 46.0 Å². The Morgan fingerprint density at radius 1 is 1.17 bits per heavy atom. The van der Waals surface area contributed by atoms with Gasteiger partial charge in [0.15, 0.2) is 17.7 Å². The summed E-state index contributed by atoms with van der Waals surface area (Å²) in [6.07, 6.45) is 4.40. The summed E-state index contributed by atoms with van der Waals surface area (Å²) in [5.41, 5.74) is 1.21. The maximum Gasteiger partial charge on any atom is 0.195 e. The lowest BCUT2D eigenvalue weighted by atomic mass is 9.41. The Morgan fingerprint density at radius 3 is 2.72 bits per heavy atom. The number of H-pyrrole nitrogens is 1. The van der Waals surface area contributed by atoms with Crippen molar-refractivity contribution in [1.29, 1.82) is 0 Å². The smallest absolute Gasteiger partial charge is 0.195 e. The molecule has 2 bridgehead atoms. The predicted molar refractivity (Wildman–Crippen MR) is 136 cm³/mol. The topological polar surface area (TPSA) is 80.8 Å². The fraction of sp³-hybridized carbons (Fsp3) is 0.633. The van der Waals surface area contributed by atoms with Crippen LogP contribution in [0.25, 0.3) is 10.9 Å². The second-order valence-electron chi connectivity index (χ2n) is 12.7. The molecule has 36 heavy (non-hydrogen) atoms. The number of carbonyl (C=O) groups is 1. The Balaban J connectivity index is 1.45. The Bertz CT molecular complexity index is 1330. The summed E-state index contributed by atoms with van der Waals surface area (Å²) in [6.45, 7) is 11.0. The van der Waals surface area contributed by atoms with Crippen LogP contribution < -0.4 is 0 Å². The molecule has 192 valence electrons. The molecule has 0 radical (unpaired) electrons.